The molecular weight excluding hydrogens is 524 g/mol. The van der Waals surface area contributed by atoms with Crippen LogP contribution < -0.4 is 14.2 Å². The largest absolute Gasteiger partial charge is 0.485 e. The van der Waals surface area contributed by atoms with E-state index in [1.54, 1.807) is 0 Å². The first-order valence-electron chi connectivity index (χ1n) is 14.7. The summed E-state index contributed by atoms with van der Waals surface area (Å²) in [4.78, 5) is 18.2. The van der Waals surface area contributed by atoms with E-state index in [1.165, 1.54) is 0 Å². The first kappa shape index (κ1) is 29.2. The molecule has 6 nitrogen and oxygen atoms in total. The number of piperazine rings is 1. The average molecular weight is 565 g/mol. The Morgan fingerprint density at radius 3 is 1.50 bits per heavy atom. The number of ether oxygens (including phenoxy) is 3. The maximum atomic E-state index is 13.8. The molecule has 4 aromatic carbocycles. The number of hydrogen-bond donors (Lipinski definition) is 0. The van der Waals surface area contributed by atoms with Crippen LogP contribution in [0.2, 0.25) is 0 Å². The Balaban J connectivity index is 1.45. The van der Waals surface area contributed by atoms with E-state index in [1.807, 2.05) is 108 Å². The Morgan fingerprint density at radius 2 is 1.07 bits per heavy atom. The molecule has 1 aliphatic heterocycles. The summed E-state index contributed by atoms with van der Waals surface area (Å²) in [6, 6.07) is 33.6. The number of amides is 1. The quantitative estimate of drug-likeness (QED) is 0.189. The maximum Gasteiger partial charge on any atom is 0.254 e. The Bertz CT molecular complexity index is 1340. The summed E-state index contributed by atoms with van der Waals surface area (Å²) in [5.74, 6) is 2.04. The van der Waals surface area contributed by atoms with E-state index in [2.05, 4.69) is 18.7 Å². The molecule has 0 unspecified atom stereocenters. The van der Waals surface area contributed by atoms with E-state index in [0.717, 1.165) is 36.3 Å². The van der Waals surface area contributed by atoms with Crippen LogP contribution in [-0.2, 0) is 19.8 Å². The third-order valence-electron chi connectivity index (χ3n) is 7.25. The van der Waals surface area contributed by atoms with E-state index in [0.29, 0.717) is 61.6 Å². The van der Waals surface area contributed by atoms with Gasteiger partial charge in [-0.2, -0.15) is 0 Å². The first-order valence-corrected chi connectivity index (χ1v) is 14.7. The molecule has 4 aromatic rings. The summed E-state index contributed by atoms with van der Waals surface area (Å²) in [6.07, 6.45) is 0. The minimum atomic E-state index is -0.0251. The molecule has 5 rings (SSSR count). The molecule has 0 atom stereocenters. The highest BCUT2D eigenvalue weighted by Crippen LogP contribution is 2.41. The number of benzene rings is 4. The van der Waals surface area contributed by atoms with Crippen LogP contribution >= 0.6 is 0 Å². The van der Waals surface area contributed by atoms with Gasteiger partial charge in [-0.15, -0.1) is 0 Å². The van der Waals surface area contributed by atoms with Crippen molar-refractivity contribution in [2.75, 3.05) is 32.7 Å². The fourth-order valence-corrected chi connectivity index (χ4v) is 5.09. The minimum absolute atomic E-state index is 0.0251. The smallest absolute Gasteiger partial charge is 0.254 e. The standard InChI is InChI=1S/C36H40N2O4/c1-28(2)24-37-18-20-38(21-19-37)36(39)32-22-33(40-25-29-12-6-3-7-13-29)35(42-27-31-16-10-5-11-17-31)34(23-32)41-26-30-14-8-4-9-15-30/h3-17,22-23,28H,18-21,24-27H2,1-2H3. The number of carbonyl (C=O) groups excluding carboxylic acids is 1. The lowest BCUT2D eigenvalue weighted by Crippen LogP contribution is -2.49. The van der Waals surface area contributed by atoms with Gasteiger partial charge in [0.05, 0.1) is 0 Å². The summed E-state index contributed by atoms with van der Waals surface area (Å²) < 4.78 is 19.1. The number of nitrogens with zero attached hydrogens (tertiary/aromatic N) is 2. The molecule has 0 aromatic heterocycles. The van der Waals surface area contributed by atoms with Gasteiger partial charge in [0.2, 0.25) is 5.75 Å². The molecule has 1 aliphatic rings. The van der Waals surface area contributed by atoms with Gasteiger partial charge in [0.25, 0.3) is 5.91 Å². The SMILES string of the molecule is CC(C)CN1CCN(C(=O)c2cc(OCc3ccccc3)c(OCc3ccccc3)c(OCc3ccccc3)c2)CC1. The van der Waals surface area contributed by atoms with Crippen LogP contribution in [-0.4, -0.2) is 48.4 Å². The average Bonchev–Trinajstić information content (AvgIpc) is 3.03. The monoisotopic (exact) mass is 564 g/mol. The van der Waals surface area contributed by atoms with E-state index in [4.69, 9.17) is 14.2 Å². The van der Waals surface area contributed by atoms with E-state index >= 15 is 0 Å². The van der Waals surface area contributed by atoms with Crippen molar-refractivity contribution in [3.63, 3.8) is 0 Å². The van der Waals surface area contributed by atoms with Crippen LogP contribution in [0.5, 0.6) is 17.2 Å². The van der Waals surface area contributed by atoms with Crippen molar-refractivity contribution in [1.29, 1.82) is 0 Å². The Kier molecular flexibility index (Phi) is 10.1. The zero-order valence-corrected chi connectivity index (χ0v) is 24.6. The lowest BCUT2D eigenvalue weighted by Gasteiger charge is -2.35. The molecule has 1 fully saturated rings. The molecule has 0 spiro atoms. The van der Waals surface area contributed by atoms with Crippen LogP contribution in [0.3, 0.4) is 0 Å². The van der Waals surface area contributed by atoms with E-state index < -0.39 is 0 Å². The van der Waals surface area contributed by atoms with Crippen molar-refractivity contribution < 1.29 is 19.0 Å². The molecule has 42 heavy (non-hydrogen) atoms. The highest BCUT2D eigenvalue weighted by molar-refractivity contribution is 5.95. The minimum Gasteiger partial charge on any atom is -0.485 e. The van der Waals surface area contributed by atoms with Gasteiger partial charge in [-0.25, -0.2) is 0 Å². The van der Waals surface area contributed by atoms with Crippen LogP contribution in [0.1, 0.15) is 40.9 Å². The lowest BCUT2D eigenvalue weighted by molar-refractivity contribution is 0.0622. The predicted molar refractivity (Wildman–Crippen MR) is 166 cm³/mol. The van der Waals surface area contributed by atoms with Crippen molar-refractivity contribution in [3.05, 3.63) is 125 Å². The van der Waals surface area contributed by atoms with E-state index in [9.17, 15) is 4.79 Å². The molecule has 1 amide bonds. The molecule has 0 saturated carbocycles. The van der Waals surface area contributed by atoms with Gasteiger partial charge in [0, 0.05) is 38.3 Å². The van der Waals surface area contributed by atoms with Gasteiger partial charge in [0.1, 0.15) is 19.8 Å². The second-order valence-corrected chi connectivity index (χ2v) is 11.1. The summed E-state index contributed by atoms with van der Waals surface area (Å²) >= 11 is 0. The second-order valence-electron chi connectivity index (χ2n) is 11.1. The molecule has 218 valence electrons. The lowest BCUT2D eigenvalue weighted by atomic mass is 10.1. The molecule has 6 heteroatoms. The number of hydrogen-bond acceptors (Lipinski definition) is 5. The van der Waals surface area contributed by atoms with Gasteiger partial charge in [-0.3, -0.25) is 9.69 Å². The van der Waals surface area contributed by atoms with Crippen molar-refractivity contribution in [1.82, 2.24) is 9.80 Å². The maximum absolute atomic E-state index is 13.8. The highest BCUT2D eigenvalue weighted by Gasteiger charge is 2.26. The van der Waals surface area contributed by atoms with Crippen molar-refractivity contribution >= 4 is 5.91 Å². The summed E-state index contributed by atoms with van der Waals surface area (Å²) in [5, 5.41) is 0. The Morgan fingerprint density at radius 1 is 0.643 bits per heavy atom. The van der Waals surface area contributed by atoms with Gasteiger partial charge in [0.15, 0.2) is 11.5 Å². The van der Waals surface area contributed by atoms with Crippen LogP contribution in [0, 0.1) is 5.92 Å². The Labute approximate surface area is 249 Å². The second kappa shape index (κ2) is 14.6. The van der Waals surface area contributed by atoms with Crippen LogP contribution in [0.4, 0.5) is 0 Å². The summed E-state index contributed by atoms with van der Waals surface area (Å²) in [7, 11) is 0. The molecular formula is C36H40N2O4. The van der Waals surface area contributed by atoms with Gasteiger partial charge in [-0.1, -0.05) is 105 Å². The molecule has 0 N–H and O–H groups in total. The molecule has 1 saturated heterocycles. The molecule has 0 bridgehead atoms. The van der Waals surface area contributed by atoms with Gasteiger partial charge < -0.3 is 19.1 Å². The van der Waals surface area contributed by atoms with Crippen molar-refractivity contribution in [2.45, 2.75) is 33.7 Å². The zero-order valence-electron chi connectivity index (χ0n) is 24.6. The third kappa shape index (κ3) is 8.14. The van der Waals surface area contributed by atoms with E-state index in [-0.39, 0.29) is 5.91 Å². The third-order valence-corrected chi connectivity index (χ3v) is 7.25. The first-order chi connectivity index (χ1) is 20.5. The zero-order chi connectivity index (χ0) is 29.1. The summed E-state index contributed by atoms with van der Waals surface area (Å²) in [5.41, 5.74) is 3.61. The van der Waals surface area contributed by atoms with Crippen LogP contribution in [0.15, 0.2) is 103 Å². The fraction of sp³-hybridized carbons (Fsp3) is 0.306. The normalized spacial score (nSPS) is 13.6. The van der Waals surface area contributed by atoms with Crippen molar-refractivity contribution in [2.24, 2.45) is 5.92 Å². The summed E-state index contributed by atoms with van der Waals surface area (Å²) in [6.45, 7) is 9.65. The fourth-order valence-electron chi connectivity index (χ4n) is 5.09. The van der Waals surface area contributed by atoms with Crippen molar-refractivity contribution in [3.8, 4) is 17.2 Å². The Hall–Kier alpha value is -4.29. The highest BCUT2D eigenvalue weighted by atomic mass is 16.5. The number of rotatable bonds is 12. The topological polar surface area (TPSA) is 51.2 Å². The number of carbonyl (C=O) groups is 1. The predicted octanol–water partition coefficient (Wildman–Crippen LogP) is 6.84. The van der Waals surface area contributed by atoms with Gasteiger partial charge >= 0.3 is 0 Å². The molecule has 0 radical (unpaired) electrons. The molecule has 0 aliphatic carbocycles. The molecule has 1 heterocycles. The van der Waals surface area contributed by atoms with Crippen LogP contribution in [0.25, 0.3) is 0 Å². The van der Waals surface area contributed by atoms with Gasteiger partial charge in [-0.05, 0) is 34.7 Å².